The Morgan fingerprint density at radius 2 is 1.95 bits per heavy atom. The third-order valence-electron chi connectivity index (χ3n) is 3.34. The van der Waals surface area contributed by atoms with Gasteiger partial charge in [-0.05, 0) is 19.3 Å². The van der Waals surface area contributed by atoms with Crippen LogP contribution >= 0.6 is 0 Å². The lowest BCUT2D eigenvalue weighted by molar-refractivity contribution is -0.126. The predicted molar refractivity (Wildman–Crippen MR) is 72.9 cm³/mol. The average molecular weight is 271 g/mol. The van der Waals surface area contributed by atoms with E-state index in [2.05, 4.69) is 5.32 Å². The monoisotopic (exact) mass is 271 g/mol. The minimum atomic E-state index is 0.0268. The molecule has 1 aliphatic heterocycles. The molecule has 1 rings (SSSR count). The van der Waals surface area contributed by atoms with Gasteiger partial charge in [0.1, 0.15) is 0 Å². The molecular weight excluding hydrogens is 246 g/mol. The first-order chi connectivity index (χ1) is 9.06. The molecule has 1 aliphatic rings. The number of carbonyl (C=O) groups excluding carboxylic acids is 2. The van der Waals surface area contributed by atoms with Gasteiger partial charge in [-0.25, -0.2) is 4.79 Å². The van der Waals surface area contributed by atoms with Gasteiger partial charge in [0.15, 0.2) is 0 Å². The summed E-state index contributed by atoms with van der Waals surface area (Å²) in [6.07, 6.45) is 2.32. The number of likely N-dealkylation sites (tertiary alicyclic amines) is 1. The Kier molecular flexibility index (Phi) is 6.62. The fourth-order valence-electron chi connectivity index (χ4n) is 2.19. The van der Waals surface area contributed by atoms with Crippen molar-refractivity contribution >= 4 is 11.9 Å². The van der Waals surface area contributed by atoms with Crippen molar-refractivity contribution in [2.75, 3.05) is 47.4 Å². The molecule has 0 unspecified atom stereocenters. The van der Waals surface area contributed by atoms with Crippen molar-refractivity contribution < 1.29 is 14.3 Å². The average Bonchev–Trinajstić information content (AvgIpc) is 2.42. The number of piperidine rings is 1. The number of nitrogens with one attached hydrogen (secondary N) is 1. The summed E-state index contributed by atoms with van der Waals surface area (Å²) in [5.41, 5.74) is 0. The fourth-order valence-corrected chi connectivity index (χ4v) is 2.19. The molecule has 0 aromatic heterocycles. The van der Waals surface area contributed by atoms with Crippen LogP contribution < -0.4 is 5.32 Å². The molecule has 0 aromatic rings. The van der Waals surface area contributed by atoms with E-state index in [9.17, 15) is 9.59 Å². The summed E-state index contributed by atoms with van der Waals surface area (Å²) in [6.45, 7) is 2.64. The molecule has 1 saturated heterocycles. The van der Waals surface area contributed by atoms with Crippen LogP contribution in [0.25, 0.3) is 0 Å². The summed E-state index contributed by atoms with van der Waals surface area (Å²) in [5, 5.41) is 2.92. The molecule has 3 amide bonds. The van der Waals surface area contributed by atoms with E-state index in [1.807, 2.05) is 0 Å². The molecule has 0 aliphatic carbocycles. The normalized spacial score (nSPS) is 16.3. The first-order valence-electron chi connectivity index (χ1n) is 6.79. The van der Waals surface area contributed by atoms with Gasteiger partial charge in [0.25, 0.3) is 0 Å². The lowest BCUT2D eigenvalue weighted by Gasteiger charge is -2.33. The lowest BCUT2D eigenvalue weighted by atomic mass is 9.96. The molecule has 19 heavy (non-hydrogen) atoms. The molecule has 1 heterocycles. The molecule has 0 aromatic carbocycles. The van der Waals surface area contributed by atoms with Crippen LogP contribution in [0.3, 0.4) is 0 Å². The largest absolute Gasteiger partial charge is 0.385 e. The fraction of sp³-hybridized carbons (Fsp3) is 0.846. The SMILES string of the molecule is COCCCNC(=O)C1CCN(C(=O)N(C)C)CC1. The standard InChI is InChI=1S/C13H25N3O3/c1-15(2)13(18)16-8-5-11(6-9-16)12(17)14-7-4-10-19-3/h11H,4-10H2,1-3H3,(H,14,17). The molecule has 1 fully saturated rings. The van der Waals surface area contributed by atoms with E-state index in [1.54, 1.807) is 31.0 Å². The molecule has 6 heteroatoms. The van der Waals surface area contributed by atoms with Gasteiger partial charge in [-0.3, -0.25) is 4.79 Å². The molecule has 0 spiro atoms. The van der Waals surface area contributed by atoms with Crippen LogP contribution in [0.15, 0.2) is 0 Å². The molecule has 0 saturated carbocycles. The van der Waals surface area contributed by atoms with Crippen LogP contribution in [0.4, 0.5) is 4.79 Å². The number of amides is 3. The van der Waals surface area contributed by atoms with Gasteiger partial charge in [0.05, 0.1) is 0 Å². The second kappa shape index (κ2) is 7.99. The van der Waals surface area contributed by atoms with Crippen molar-refractivity contribution in [3.63, 3.8) is 0 Å². The maximum Gasteiger partial charge on any atom is 0.319 e. The highest BCUT2D eigenvalue weighted by atomic mass is 16.5. The number of urea groups is 1. The zero-order chi connectivity index (χ0) is 14.3. The number of methoxy groups -OCH3 is 1. The van der Waals surface area contributed by atoms with Crippen molar-refractivity contribution in [2.45, 2.75) is 19.3 Å². The van der Waals surface area contributed by atoms with Crippen molar-refractivity contribution in [1.82, 2.24) is 15.1 Å². The number of carbonyl (C=O) groups is 2. The Bertz CT molecular complexity index is 300. The summed E-state index contributed by atoms with van der Waals surface area (Å²) < 4.78 is 4.93. The minimum Gasteiger partial charge on any atom is -0.385 e. The molecule has 0 bridgehead atoms. The Morgan fingerprint density at radius 1 is 1.32 bits per heavy atom. The van der Waals surface area contributed by atoms with Gasteiger partial charge in [-0.2, -0.15) is 0 Å². The second-order valence-electron chi connectivity index (χ2n) is 5.08. The second-order valence-corrected chi connectivity index (χ2v) is 5.08. The topological polar surface area (TPSA) is 61.9 Å². The van der Waals surface area contributed by atoms with Crippen LogP contribution in [0.5, 0.6) is 0 Å². The smallest absolute Gasteiger partial charge is 0.319 e. The summed E-state index contributed by atoms with van der Waals surface area (Å²) in [7, 11) is 5.15. The lowest BCUT2D eigenvalue weighted by Crippen LogP contribution is -2.46. The van der Waals surface area contributed by atoms with E-state index >= 15 is 0 Å². The highest BCUT2D eigenvalue weighted by molar-refractivity contribution is 5.79. The van der Waals surface area contributed by atoms with Crippen LogP contribution in [0, 0.1) is 5.92 Å². The van der Waals surface area contributed by atoms with E-state index in [0.29, 0.717) is 26.2 Å². The Balaban J connectivity index is 2.25. The minimum absolute atomic E-state index is 0.0268. The highest BCUT2D eigenvalue weighted by Crippen LogP contribution is 2.18. The molecule has 6 nitrogen and oxygen atoms in total. The predicted octanol–water partition coefficient (Wildman–Crippen LogP) is 0.533. The summed E-state index contributed by atoms with van der Waals surface area (Å²) in [6, 6.07) is 0.0268. The Morgan fingerprint density at radius 3 is 2.47 bits per heavy atom. The Labute approximate surface area is 115 Å². The van der Waals surface area contributed by atoms with Crippen LogP contribution in [-0.2, 0) is 9.53 Å². The maximum absolute atomic E-state index is 11.9. The summed E-state index contributed by atoms with van der Waals surface area (Å²) in [4.78, 5) is 27.0. The van der Waals surface area contributed by atoms with Gasteiger partial charge >= 0.3 is 6.03 Å². The number of ether oxygens (including phenoxy) is 1. The summed E-state index contributed by atoms with van der Waals surface area (Å²) in [5.74, 6) is 0.141. The highest BCUT2D eigenvalue weighted by Gasteiger charge is 2.27. The van der Waals surface area contributed by atoms with Crippen LogP contribution in [0.1, 0.15) is 19.3 Å². The van der Waals surface area contributed by atoms with Gasteiger partial charge in [-0.1, -0.05) is 0 Å². The summed E-state index contributed by atoms with van der Waals surface area (Å²) >= 11 is 0. The van der Waals surface area contributed by atoms with Gasteiger partial charge in [0, 0.05) is 53.4 Å². The quantitative estimate of drug-likeness (QED) is 0.742. The first-order valence-corrected chi connectivity index (χ1v) is 6.79. The van der Waals surface area contributed by atoms with Gasteiger partial charge < -0.3 is 19.9 Å². The Hall–Kier alpha value is -1.30. The van der Waals surface area contributed by atoms with E-state index < -0.39 is 0 Å². The van der Waals surface area contributed by atoms with Crippen LogP contribution in [0.2, 0.25) is 0 Å². The molecule has 1 N–H and O–H groups in total. The zero-order valence-electron chi connectivity index (χ0n) is 12.1. The number of hydrogen-bond acceptors (Lipinski definition) is 3. The van der Waals surface area contributed by atoms with E-state index in [4.69, 9.17) is 4.74 Å². The maximum atomic E-state index is 11.9. The third-order valence-corrected chi connectivity index (χ3v) is 3.34. The molecule has 0 atom stereocenters. The van der Waals surface area contributed by atoms with Crippen LogP contribution in [-0.4, -0.2) is 69.2 Å². The van der Waals surface area contributed by atoms with E-state index in [1.165, 1.54) is 0 Å². The molecule has 0 radical (unpaired) electrons. The van der Waals surface area contributed by atoms with Crippen molar-refractivity contribution in [3.05, 3.63) is 0 Å². The molecular formula is C13H25N3O3. The first kappa shape index (κ1) is 15.8. The van der Waals surface area contributed by atoms with Gasteiger partial charge in [-0.15, -0.1) is 0 Å². The number of nitrogens with zero attached hydrogens (tertiary/aromatic N) is 2. The van der Waals surface area contributed by atoms with E-state index in [0.717, 1.165) is 19.3 Å². The number of hydrogen-bond donors (Lipinski definition) is 1. The van der Waals surface area contributed by atoms with E-state index in [-0.39, 0.29) is 17.9 Å². The third kappa shape index (κ3) is 5.06. The van der Waals surface area contributed by atoms with Crippen molar-refractivity contribution in [2.24, 2.45) is 5.92 Å². The van der Waals surface area contributed by atoms with Crippen molar-refractivity contribution in [1.29, 1.82) is 0 Å². The molecule has 110 valence electrons. The zero-order valence-corrected chi connectivity index (χ0v) is 12.1. The van der Waals surface area contributed by atoms with Gasteiger partial charge in [0.2, 0.25) is 5.91 Å². The van der Waals surface area contributed by atoms with Crippen molar-refractivity contribution in [3.8, 4) is 0 Å². The number of rotatable bonds is 5.